The monoisotopic (exact) mass is 792 g/mol. The summed E-state index contributed by atoms with van der Waals surface area (Å²) >= 11 is 0. The van der Waals surface area contributed by atoms with Crippen molar-refractivity contribution in [1.29, 1.82) is 0 Å². The molecule has 2 saturated heterocycles. The third kappa shape index (κ3) is 21.4. The van der Waals surface area contributed by atoms with Crippen LogP contribution in [0.1, 0.15) is 36.9 Å². The molecule has 0 saturated carbocycles. The lowest BCUT2D eigenvalue weighted by molar-refractivity contribution is -0.193. The predicted octanol–water partition coefficient (Wildman–Crippen LogP) is 5.89. The van der Waals surface area contributed by atoms with Crippen LogP contribution in [-0.2, 0) is 32.3 Å². The standard InChI is InChI=1S/C21H28N4.4C2HF3O2/c1-2-10-23-20(3-1)18-25-15-8-21(9-16-25)6-13-24(14-7-21)17-19-4-11-22-12-5-19;4*3-2(4,5)1(6)7/h1-5,10-12H,6-9,13-18H2;4*(H,6,7). The third-order valence-electron chi connectivity index (χ3n) is 7.07. The first-order valence-electron chi connectivity index (χ1n) is 14.5. The highest BCUT2D eigenvalue weighted by Gasteiger charge is 2.40. The molecular formula is C29H32F12N4O8. The molecule has 300 valence electrons. The molecule has 0 atom stereocenters. The van der Waals surface area contributed by atoms with E-state index in [2.05, 4.69) is 44.0 Å². The Morgan fingerprint density at radius 2 is 0.868 bits per heavy atom. The second kappa shape index (κ2) is 21.1. The van der Waals surface area contributed by atoms with Gasteiger partial charge in [-0.3, -0.25) is 19.8 Å². The molecule has 53 heavy (non-hydrogen) atoms. The number of likely N-dealkylation sites (tertiary alicyclic amines) is 2. The molecule has 1 spiro atoms. The number of rotatable bonds is 4. The molecule has 2 aliphatic rings. The number of hydrogen-bond acceptors (Lipinski definition) is 8. The Morgan fingerprint density at radius 3 is 1.15 bits per heavy atom. The van der Waals surface area contributed by atoms with E-state index >= 15 is 0 Å². The Labute approximate surface area is 291 Å². The lowest BCUT2D eigenvalue weighted by Gasteiger charge is -2.47. The van der Waals surface area contributed by atoms with Crippen LogP contribution in [0.3, 0.4) is 0 Å². The highest BCUT2D eigenvalue weighted by atomic mass is 19.4. The van der Waals surface area contributed by atoms with Gasteiger partial charge >= 0.3 is 48.6 Å². The lowest BCUT2D eigenvalue weighted by Crippen LogP contribution is -2.46. The van der Waals surface area contributed by atoms with Crippen molar-refractivity contribution in [2.75, 3.05) is 26.2 Å². The average Bonchev–Trinajstić information content (AvgIpc) is 3.04. The number of piperidine rings is 2. The molecule has 0 unspecified atom stereocenters. The van der Waals surface area contributed by atoms with Crippen LogP contribution >= 0.6 is 0 Å². The Bertz CT molecular complexity index is 1250. The zero-order valence-electron chi connectivity index (χ0n) is 26.9. The smallest absolute Gasteiger partial charge is 0.475 e. The van der Waals surface area contributed by atoms with E-state index < -0.39 is 48.6 Å². The van der Waals surface area contributed by atoms with Gasteiger partial charge in [0.2, 0.25) is 0 Å². The minimum atomic E-state index is -5.08. The van der Waals surface area contributed by atoms with Gasteiger partial charge in [0.15, 0.2) is 0 Å². The van der Waals surface area contributed by atoms with E-state index in [9.17, 15) is 52.7 Å². The number of nitrogens with zero attached hydrogens (tertiary/aromatic N) is 4. The number of alkyl halides is 12. The van der Waals surface area contributed by atoms with Crippen LogP contribution in [0.15, 0.2) is 48.9 Å². The average molecular weight is 793 g/mol. The van der Waals surface area contributed by atoms with Crippen LogP contribution in [0.4, 0.5) is 52.7 Å². The Balaban J connectivity index is 0.000000791. The summed E-state index contributed by atoms with van der Waals surface area (Å²) in [5.74, 6) is -11.0. The molecule has 0 radical (unpaired) electrons. The van der Waals surface area contributed by atoms with E-state index in [4.69, 9.17) is 39.6 Å². The summed E-state index contributed by atoms with van der Waals surface area (Å²) in [7, 11) is 0. The van der Waals surface area contributed by atoms with Gasteiger partial charge in [-0.25, -0.2) is 19.2 Å². The number of hydrogen-bond donors (Lipinski definition) is 4. The highest BCUT2D eigenvalue weighted by Crippen LogP contribution is 2.41. The second-order valence-electron chi connectivity index (χ2n) is 10.9. The van der Waals surface area contributed by atoms with E-state index in [-0.39, 0.29) is 0 Å². The molecule has 2 aromatic heterocycles. The zero-order valence-corrected chi connectivity index (χ0v) is 26.9. The van der Waals surface area contributed by atoms with Gasteiger partial charge in [-0.1, -0.05) is 6.07 Å². The normalized spacial score (nSPS) is 16.1. The van der Waals surface area contributed by atoms with Crippen molar-refractivity contribution in [3.05, 3.63) is 60.2 Å². The van der Waals surface area contributed by atoms with Crippen LogP contribution in [0.2, 0.25) is 0 Å². The van der Waals surface area contributed by atoms with E-state index in [1.165, 1.54) is 63.1 Å². The maximum atomic E-state index is 10.6. The van der Waals surface area contributed by atoms with Gasteiger partial charge in [0, 0.05) is 31.7 Å². The molecule has 4 N–H and O–H groups in total. The number of pyridine rings is 2. The lowest BCUT2D eigenvalue weighted by atomic mass is 9.71. The Morgan fingerprint density at radius 1 is 0.547 bits per heavy atom. The van der Waals surface area contributed by atoms with Crippen LogP contribution in [0, 0.1) is 5.41 Å². The van der Waals surface area contributed by atoms with Crippen molar-refractivity contribution >= 4 is 23.9 Å². The fourth-order valence-corrected chi connectivity index (χ4v) is 4.34. The van der Waals surface area contributed by atoms with Crippen LogP contribution < -0.4 is 0 Å². The number of halogens is 12. The molecule has 0 bridgehead atoms. The van der Waals surface area contributed by atoms with E-state index in [1.807, 2.05) is 24.7 Å². The molecule has 2 aromatic rings. The van der Waals surface area contributed by atoms with Gasteiger partial charge in [-0.2, -0.15) is 52.7 Å². The quantitative estimate of drug-likeness (QED) is 0.270. The first-order chi connectivity index (χ1) is 24.1. The van der Waals surface area contributed by atoms with E-state index in [0.29, 0.717) is 5.41 Å². The predicted molar refractivity (Wildman–Crippen MR) is 155 cm³/mol. The van der Waals surface area contributed by atoms with Gasteiger partial charge in [-0.15, -0.1) is 0 Å². The number of aromatic nitrogens is 2. The SMILES string of the molecule is O=C(O)C(F)(F)F.O=C(O)C(F)(F)F.O=C(O)C(F)(F)F.O=C(O)C(F)(F)F.c1ccc(CN2CCC3(CCN(Cc4ccncc4)CC3)CC2)nc1. The first kappa shape index (κ1) is 48.3. The van der Waals surface area contributed by atoms with E-state index in [1.54, 1.807) is 0 Å². The molecule has 0 aromatic carbocycles. The summed E-state index contributed by atoms with van der Waals surface area (Å²) < 4.78 is 127. The summed E-state index contributed by atoms with van der Waals surface area (Å²) in [5, 5.41) is 28.5. The number of carboxylic acid groups (broad SMARTS) is 4. The van der Waals surface area contributed by atoms with Gasteiger partial charge < -0.3 is 20.4 Å². The summed E-state index contributed by atoms with van der Waals surface area (Å²) in [6, 6.07) is 10.5. The summed E-state index contributed by atoms with van der Waals surface area (Å²) in [6.07, 6.45) is -9.22. The second-order valence-corrected chi connectivity index (χ2v) is 10.9. The molecule has 0 aliphatic carbocycles. The van der Waals surface area contributed by atoms with Crippen molar-refractivity contribution in [2.24, 2.45) is 5.41 Å². The van der Waals surface area contributed by atoms with Crippen molar-refractivity contribution in [1.82, 2.24) is 19.8 Å². The maximum absolute atomic E-state index is 10.6. The fourth-order valence-electron chi connectivity index (χ4n) is 4.34. The number of aliphatic carboxylic acids is 4. The molecule has 24 heteroatoms. The van der Waals surface area contributed by atoms with Crippen molar-refractivity contribution in [2.45, 2.75) is 63.5 Å². The first-order valence-corrected chi connectivity index (χ1v) is 14.5. The van der Waals surface area contributed by atoms with Crippen molar-refractivity contribution in [3.63, 3.8) is 0 Å². The molecule has 4 rings (SSSR count). The van der Waals surface area contributed by atoms with Gasteiger partial charge in [0.25, 0.3) is 0 Å². The summed E-state index contributed by atoms with van der Waals surface area (Å²) in [4.78, 5) is 49.4. The molecule has 4 heterocycles. The zero-order chi connectivity index (χ0) is 41.3. The van der Waals surface area contributed by atoms with E-state index in [0.717, 1.165) is 13.1 Å². The maximum Gasteiger partial charge on any atom is 0.490 e. The Hall–Kier alpha value is -4.74. The van der Waals surface area contributed by atoms with Gasteiger partial charge in [-0.05, 0) is 87.1 Å². The van der Waals surface area contributed by atoms with Crippen molar-refractivity contribution in [3.8, 4) is 0 Å². The molecule has 12 nitrogen and oxygen atoms in total. The van der Waals surface area contributed by atoms with Gasteiger partial charge in [0.1, 0.15) is 0 Å². The topological polar surface area (TPSA) is 181 Å². The molecule has 2 aliphatic heterocycles. The third-order valence-corrected chi connectivity index (χ3v) is 7.07. The highest BCUT2D eigenvalue weighted by molar-refractivity contribution is 5.74. The molecule has 0 amide bonds. The minimum absolute atomic E-state index is 0.593. The summed E-state index contributed by atoms with van der Waals surface area (Å²) in [5.41, 5.74) is 3.18. The van der Waals surface area contributed by atoms with Crippen LogP contribution in [0.5, 0.6) is 0 Å². The number of carbonyl (C=O) groups is 4. The molecular weight excluding hydrogens is 760 g/mol. The van der Waals surface area contributed by atoms with Crippen LogP contribution in [-0.4, -0.2) is 115 Å². The molecule has 2 fully saturated rings. The largest absolute Gasteiger partial charge is 0.490 e. The van der Waals surface area contributed by atoms with Crippen molar-refractivity contribution < 1.29 is 92.3 Å². The fraction of sp³-hybridized carbons (Fsp3) is 0.517. The minimum Gasteiger partial charge on any atom is -0.475 e. The van der Waals surface area contributed by atoms with Crippen LogP contribution in [0.25, 0.3) is 0 Å². The van der Waals surface area contributed by atoms with Gasteiger partial charge in [0.05, 0.1) is 5.69 Å². The number of carboxylic acids is 4. The Kier molecular flexibility index (Phi) is 19.2. The summed E-state index contributed by atoms with van der Waals surface area (Å²) in [6.45, 7) is 7.00.